The Hall–Kier alpha value is -1.35. The van der Waals surface area contributed by atoms with Crippen LogP contribution in [-0.2, 0) is 5.41 Å². The lowest BCUT2D eigenvalue weighted by atomic mass is 9.83. The summed E-state index contributed by atoms with van der Waals surface area (Å²) >= 11 is 0. The molecule has 2 rings (SSSR count). The van der Waals surface area contributed by atoms with Crippen molar-refractivity contribution in [3.63, 3.8) is 0 Å². The second-order valence-corrected chi connectivity index (χ2v) is 7.02. The number of hydrogen-bond acceptors (Lipinski definition) is 2. The summed E-state index contributed by atoms with van der Waals surface area (Å²) in [7, 11) is 0. The third-order valence-corrected chi connectivity index (χ3v) is 4.36. The van der Waals surface area contributed by atoms with Crippen molar-refractivity contribution >= 4 is 5.91 Å². The molecule has 1 fully saturated rings. The molecule has 1 amide bonds. The summed E-state index contributed by atoms with van der Waals surface area (Å²) in [6, 6.07) is 8.37. The van der Waals surface area contributed by atoms with Crippen LogP contribution >= 0.6 is 0 Å². The molecule has 1 aliphatic carbocycles. The van der Waals surface area contributed by atoms with Gasteiger partial charge in [-0.2, -0.15) is 0 Å². The first-order valence-electron chi connectivity index (χ1n) is 8.05. The fourth-order valence-electron chi connectivity index (χ4n) is 3.28. The highest BCUT2D eigenvalue weighted by atomic mass is 16.2. The number of rotatable bonds is 4. The van der Waals surface area contributed by atoms with Crippen LogP contribution in [0.25, 0.3) is 0 Å². The highest BCUT2D eigenvalue weighted by Gasteiger charge is 2.29. The van der Waals surface area contributed by atoms with Crippen molar-refractivity contribution in [2.75, 3.05) is 13.1 Å². The predicted molar refractivity (Wildman–Crippen MR) is 87.5 cm³/mol. The Labute approximate surface area is 128 Å². The van der Waals surface area contributed by atoms with Crippen LogP contribution in [-0.4, -0.2) is 29.9 Å². The SMILES string of the molecule is CC(C)(C)c1ccccc1C(=O)N(CCN)C1CCCC1. The summed E-state index contributed by atoms with van der Waals surface area (Å²) in [4.78, 5) is 15.1. The smallest absolute Gasteiger partial charge is 0.254 e. The van der Waals surface area contributed by atoms with E-state index in [9.17, 15) is 4.79 Å². The van der Waals surface area contributed by atoms with Gasteiger partial charge >= 0.3 is 0 Å². The average molecular weight is 288 g/mol. The van der Waals surface area contributed by atoms with E-state index in [1.807, 2.05) is 23.1 Å². The Morgan fingerprint density at radius 2 is 1.86 bits per heavy atom. The van der Waals surface area contributed by atoms with Crippen molar-refractivity contribution in [3.05, 3.63) is 35.4 Å². The summed E-state index contributed by atoms with van der Waals surface area (Å²) < 4.78 is 0. The van der Waals surface area contributed by atoms with Gasteiger partial charge in [-0.15, -0.1) is 0 Å². The molecule has 3 nitrogen and oxygen atoms in total. The van der Waals surface area contributed by atoms with E-state index >= 15 is 0 Å². The van der Waals surface area contributed by atoms with Crippen LogP contribution in [0.5, 0.6) is 0 Å². The molecule has 0 bridgehead atoms. The molecule has 0 atom stereocenters. The first kappa shape index (κ1) is 16.0. The number of hydrogen-bond donors (Lipinski definition) is 1. The van der Waals surface area contributed by atoms with Crippen LogP contribution in [0.4, 0.5) is 0 Å². The quantitative estimate of drug-likeness (QED) is 0.923. The molecule has 0 heterocycles. The highest BCUT2D eigenvalue weighted by Crippen LogP contribution is 2.29. The topological polar surface area (TPSA) is 46.3 Å². The van der Waals surface area contributed by atoms with Gasteiger partial charge in [0.05, 0.1) is 0 Å². The maximum absolute atomic E-state index is 13.1. The van der Waals surface area contributed by atoms with Gasteiger partial charge in [0.2, 0.25) is 0 Å². The standard InChI is InChI=1S/C18H28N2O/c1-18(2,3)16-11-7-6-10-15(16)17(21)20(13-12-19)14-8-4-5-9-14/h6-7,10-11,14H,4-5,8-9,12-13,19H2,1-3H3. The molecule has 1 aromatic carbocycles. The molecule has 0 saturated heterocycles. The fourth-order valence-corrected chi connectivity index (χ4v) is 3.28. The highest BCUT2D eigenvalue weighted by molar-refractivity contribution is 5.96. The molecule has 3 heteroatoms. The molecule has 1 saturated carbocycles. The van der Waals surface area contributed by atoms with Crippen molar-refractivity contribution in [3.8, 4) is 0 Å². The van der Waals surface area contributed by atoms with E-state index < -0.39 is 0 Å². The molecule has 0 aromatic heterocycles. The Morgan fingerprint density at radius 1 is 1.24 bits per heavy atom. The van der Waals surface area contributed by atoms with Gasteiger partial charge in [-0.3, -0.25) is 4.79 Å². The molecular weight excluding hydrogens is 260 g/mol. The Bertz CT molecular complexity index is 484. The van der Waals surface area contributed by atoms with E-state index in [2.05, 4.69) is 26.8 Å². The monoisotopic (exact) mass is 288 g/mol. The lowest BCUT2D eigenvalue weighted by Gasteiger charge is -2.31. The van der Waals surface area contributed by atoms with Gasteiger partial charge in [-0.1, -0.05) is 51.8 Å². The third kappa shape index (κ3) is 3.65. The van der Waals surface area contributed by atoms with Gasteiger partial charge in [-0.25, -0.2) is 0 Å². The lowest BCUT2D eigenvalue weighted by Crippen LogP contribution is -2.42. The second kappa shape index (κ2) is 6.61. The molecule has 0 unspecified atom stereocenters. The zero-order chi connectivity index (χ0) is 15.5. The number of nitrogens with two attached hydrogens (primary N) is 1. The Kier molecular flexibility index (Phi) is 5.04. The van der Waals surface area contributed by atoms with Crippen LogP contribution in [0.1, 0.15) is 62.4 Å². The van der Waals surface area contributed by atoms with Crippen LogP contribution in [0.3, 0.4) is 0 Å². The lowest BCUT2D eigenvalue weighted by molar-refractivity contribution is 0.0685. The van der Waals surface area contributed by atoms with E-state index in [1.165, 1.54) is 12.8 Å². The zero-order valence-corrected chi connectivity index (χ0v) is 13.6. The summed E-state index contributed by atoms with van der Waals surface area (Å²) in [5.41, 5.74) is 7.67. The summed E-state index contributed by atoms with van der Waals surface area (Å²) in [5, 5.41) is 0. The summed E-state index contributed by atoms with van der Waals surface area (Å²) in [5.74, 6) is 0.151. The normalized spacial score (nSPS) is 16.2. The molecule has 0 aliphatic heterocycles. The van der Waals surface area contributed by atoms with Crippen molar-refractivity contribution in [2.45, 2.75) is 57.9 Å². The number of amides is 1. The van der Waals surface area contributed by atoms with Crippen LogP contribution in [0, 0.1) is 0 Å². The minimum atomic E-state index is -0.0314. The maximum atomic E-state index is 13.1. The number of nitrogens with zero attached hydrogens (tertiary/aromatic N) is 1. The van der Waals surface area contributed by atoms with Gasteiger partial charge in [0, 0.05) is 24.7 Å². The summed E-state index contributed by atoms with van der Waals surface area (Å²) in [6.07, 6.45) is 4.67. The first-order chi connectivity index (χ1) is 9.95. The largest absolute Gasteiger partial charge is 0.334 e. The predicted octanol–water partition coefficient (Wildman–Crippen LogP) is 3.33. The van der Waals surface area contributed by atoms with E-state index in [-0.39, 0.29) is 11.3 Å². The summed E-state index contributed by atoms with van der Waals surface area (Å²) in [6.45, 7) is 7.65. The molecule has 1 aliphatic rings. The van der Waals surface area contributed by atoms with Crippen molar-refractivity contribution in [1.82, 2.24) is 4.90 Å². The van der Waals surface area contributed by atoms with Crippen molar-refractivity contribution in [1.29, 1.82) is 0 Å². The van der Waals surface area contributed by atoms with Gasteiger partial charge in [-0.05, 0) is 29.9 Å². The van der Waals surface area contributed by atoms with Crippen molar-refractivity contribution < 1.29 is 4.79 Å². The molecule has 21 heavy (non-hydrogen) atoms. The number of carbonyl (C=O) groups excluding carboxylic acids is 1. The minimum absolute atomic E-state index is 0.0314. The van der Waals surface area contributed by atoms with Gasteiger partial charge in [0.15, 0.2) is 0 Å². The molecule has 116 valence electrons. The van der Waals surface area contributed by atoms with Crippen LogP contribution in [0.15, 0.2) is 24.3 Å². The zero-order valence-electron chi connectivity index (χ0n) is 13.6. The third-order valence-electron chi connectivity index (χ3n) is 4.36. The Morgan fingerprint density at radius 3 is 2.43 bits per heavy atom. The first-order valence-corrected chi connectivity index (χ1v) is 8.05. The van der Waals surface area contributed by atoms with E-state index in [0.29, 0.717) is 19.1 Å². The number of carbonyl (C=O) groups is 1. The van der Waals surface area contributed by atoms with E-state index in [0.717, 1.165) is 24.0 Å². The minimum Gasteiger partial charge on any atom is -0.334 e. The fraction of sp³-hybridized carbons (Fsp3) is 0.611. The molecule has 0 radical (unpaired) electrons. The Balaban J connectivity index is 2.32. The number of benzene rings is 1. The van der Waals surface area contributed by atoms with E-state index in [1.54, 1.807) is 0 Å². The van der Waals surface area contributed by atoms with Gasteiger partial charge in [0.1, 0.15) is 0 Å². The molecule has 0 spiro atoms. The second-order valence-electron chi connectivity index (χ2n) is 7.02. The van der Waals surface area contributed by atoms with Gasteiger partial charge < -0.3 is 10.6 Å². The van der Waals surface area contributed by atoms with Gasteiger partial charge in [0.25, 0.3) is 5.91 Å². The molecule has 1 aromatic rings. The van der Waals surface area contributed by atoms with Crippen LogP contribution < -0.4 is 5.73 Å². The molecular formula is C18H28N2O. The molecule has 2 N–H and O–H groups in total. The average Bonchev–Trinajstić information content (AvgIpc) is 2.97. The van der Waals surface area contributed by atoms with Crippen molar-refractivity contribution in [2.24, 2.45) is 5.73 Å². The van der Waals surface area contributed by atoms with Crippen LogP contribution in [0.2, 0.25) is 0 Å². The maximum Gasteiger partial charge on any atom is 0.254 e. The van der Waals surface area contributed by atoms with E-state index in [4.69, 9.17) is 5.73 Å².